The highest BCUT2D eigenvalue weighted by Gasteiger charge is 2.57. The van der Waals surface area contributed by atoms with E-state index in [9.17, 15) is 0 Å². The van der Waals surface area contributed by atoms with Crippen LogP contribution in [0.3, 0.4) is 0 Å². The van der Waals surface area contributed by atoms with Gasteiger partial charge in [0.1, 0.15) is 0 Å². The number of fused-ring (bicyclic) bond motifs is 5. The summed E-state index contributed by atoms with van der Waals surface area (Å²) in [5.74, 6) is 0. The molecule has 0 fully saturated rings. The molecule has 0 N–H and O–H groups in total. The standard InChI is InChI=1S/C68H47N/c1-5-20-48(21-6-1)50-36-42-55(43-37-50)69(56-44-38-51(39-45-56)49-22-7-2-8-23-49)57-46-40-52(41-47-57)58-28-13-15-31-61(58)67(53-24-9-3-10-25-53)63-33-17-18-34-64(63)68(54-26-11-4-12-27-54)62-32-16-14-29-59(62)60-30-19-35-65(67)66(60)68/h1-47H. The molecule has 2 aliphatic rings. The molecule has 2 aliphatic carbocycles. The highest BCUT2D eigenvalue weighted by molar-refractivity contribution is 5.93. The number of hydrogen-bond donors (Lipinski definition) is 0. The normalized spacial score (nSPS) is 16.2. The smallest absolute Gasteiger partial charge is 0.0720 e. The third-order valence-corrected chi connectivity index (χ3v) is 14.8. The van der Waals surface area contributed by atoms with E-state index >= 15 is 0 Å². The molecule has 0 saturated heterocycles. The summed E-state index contributed by atoms with van der Waals surface area (Å²) in [7, 11) is 0. The zero-order chi connectivity index (χ0) is 45.8. The first-order valence-corrected chi connectivity index (χ1v) is 24.0. The molecule has 0 heterocycles. The van der Waals surface area contributed by atoms with Gasteiger partial charge in [-0.3, -0.25) is 0 Å². The molecule has 11 aromatic carbocycles. The molecule has 69 heavy (non-hydrogen) atoms. The first-order chi connectivity index (χ1) is 34.2. The first-order valence-electron chi connectivity index (χ1n) is 24.0. The molecular weight excluding hydrogens is 831 g/mol. The average molecular weight is 878 g/mol. The summed E-state index contributed by atoms with van der Waals surface area (Å²) in [4.78, 5) is 2.37. The second-order valence-corrected chi connectivity index (χ2v) is 18.3. The molecule has 0 aromatic heterocycles. The van der Waals surface area contributed by atoms with Crippen molar-refractivity contribution in [1.82, 2.24) is 0 Å². The Balaban J connectivity index is 1.00. The number of benzene rings is 11. The SMILES string of the molecule is c1ccc(-c2ccc(N(c3ccc(-c4ccccc4)cc3)c3ccc(-c4ccccc4C4(c5ccccc5)c5ccccc5C5(c6ccccc6)c6ccccc6-c6cccc4c65)cc3)cc2)cc1. The van der Waals surface area contributed by atoms with Crippen molar-refractivity contribution in [2.75, 3.05) is 4.90 Å². The van der Waals surface area contributed by atoms with E-state index < -0.39 is 10.8 Å². The van der Waals surface area contributed by atoms with Crippen LogP contribution >= 0.6 is 0 Å². The zero-order valence-corrected chi connectivity index (χ0v) is 38.1. The average Bonchev–Trinajstić information content (AvgIpc) is 3.75. The van der Waals surface area contributed by atoms with Crippen LogP contribution in [0.4, 0.5) is 17.1 Å². The maximum atomic E-state index is 2.43. The van der Waals surface area contributed by atoms with E-state index in [0.717, 1.165) is 22.6 Å². The molecule has 0 radical (unpaired) electrons. The third-order valence-electron chi connectivity index (χ3n) is 14.8. The van der Waals surface area contributed by atoms with Gasteiger partial charge in [0.25, 0.3) is 0 Å². The van der Waals surface area contributed by atoms with Crippen molar-refractivity contribution in [3.8, 4) is 44.5 Å². The third kappa shape index (κ3) is 6.24. The zero-order valence-electron chi connectivity index (χ0n) is 38.1. The second kappa shape index (κ2) is 16.5. The highest BCUT2D eigenvalue weighted by atomic mass is 15.1. The van der Waals surface area contributed by atoms with E-state index in [1.165, 1.54) is 83.5 Å². The molecule has 0 saturated carbocycles. The maximum absolute atomic E-state index is 2.43. The van der Waals surface area contributed by atoms with Gasteiger partial charge in [-0.2, -0.15) is 0 Å². The predicted molar refractivity (Wildman–Crippen MR) is 287 cm³/mol. The summed E-state index contributed by atoms with van der Waals surface area (Å²) in [6.07, 6.45) is 0. The summed E-state index contributed by atoms with van der Waals surface area (Å²) in [5, 5.41) is 0. The Kier molecular flexibility index (Phi) is 9.70. The monoisotopic (exact) mass is 877 g/mol. The van der Waals surface area contributed by atoms with Gasteiger partial charge in [0.05, 0.1) is 10.8 Å². The lowest BCUT2D eigenvalue weighted by molar-refractivity contribution is 0.627. The highest BCUT2D eigenvalue weighted by Crippen LogP contribution is 2.66. The summed E-state index contributed by atoms with van der Waals surface area (Å²) >= 11 is 0. The van der Waals surface area contributed by atoms with Gasteiger partial charge in [-0.1, -0.05) is 249 Å². The van der Waals surface area contributed by atoms with Crippen LogP contribution in [0.2, 0.25) is 0 Å². The fourth-order valence-electron chi connectivity index (χ4n) is 12.0. The van der Waals surface area contributed by atoms with Crippen LogP contribution in [0.5, 0.6) is 0 Å². The summed E-state index contributed by atoms with van der Waals surface area (Å²) < 4.78 is 0. The molecular formula is C68H47N. The van der Waals surface area contributed by atoms with Gasteiger partial charge in [-0.05, 0) is 125 Å². The number of rotatable bonds is 9. The Morgan fingerprint density at radius 3 is 1.04 bits per heavy atom. The molecule has 13 rings (SSSR count). The van der Waals surface area contributed by atoms with Gasteiger partial charge in [0.2, 0.25) is 0 Å². The topological polar surface area (TPSA) is 3.24 Å². The van der Waals surface area contributed by atoms with E-state index in [1.54, 1.807) is 0 Å². The Labute approximate surface area is 404 Å². The minimum Gasteiger partial charge on any atom is -0.311 e. The van der Waals surface area contributed by atoms with Crippen molar-refractivity contribution < 1.29 is 0 Å². The van der Waals surface area contributed by atoms with E-state index in [1.807, 2.05) is 0 Å². The van der Waals surface area contributed by atoms with Crippen LogP contribution in [0.25, 0.3) is 44.5 Å². The van der Waals surface area contributed by atoms with E-state index in [2.05, 4.69) is 290 Å². The fraction of sp³-hybridized carbons (Fsp3) is 0.0294. The Morgan fingerprint density at radius 1 is 0.203 bits per heavy atom. The molecule has 11 aromatic rings. The lowest BCUT2D eigenvalue weighted by Gasteiger charge is -2.50. The van der Waals surface area contributed by atoms with Crippen molar-refractivity contribution >= 4 is 17.1 Å². The molecule has 0 aliphatic heterocycles. The van der Waals surface area contributed by atoms with Gasteiger partial charge in [0.15, 0.2) is 0 Å². The Bertz CT molecular complexity index is 3540. The second-order valence-electron chi connectivity index (χ2n) is 18.3. The number of hydrogen-bond acceptors (Lipinski definition) is 1. The Morgan fingerprint density at radius 2 is 0.536 bits per heavy atom. The molecule has 2 atom stereocenters. The van der Waals surface area contributed by atoms with Crippen LogP contribution in [0.15, 0.2) is 285 Å². The maximum Gasteiger partial charge on any atom is 0.0720 e. The quantitative estimate of drug-likeness (QED) is 0.140. The van der Waals surface area contributed by atoms with Crippen LogP contribution < -0.4 is 4.90 Å². The summed E-state index contributed by atoms with van der Waals surface area (Å²) in [6.45, 7) is 0. The van der Waals surface area contributed by atoms with Gasteiger partial charge in [0, 0.05) is 17.1 Å². The number of anilines is 3. The van der Waals surface area contributed by atoms with E-state index in [0.29, 0.717) is 0 Å². The number of nitrogens with zero attached hydrogens (tertiary/aromatic N) is 1. The van der Waals surface area contributed by atoms with E-state index in [-0.39, 0.29) is 0 Å². The van der Waals surface area contributed by atoms with Crippen LogP contribution in [0, 0.1) is 0 Å². The van der Waals surface area contributed by atoms with Crippen molar-refractivity contribution in [2.45, 2.75) is 10.8 Å². The van der Waals surface area contributed by atoms with Gasteiger partial charge in [-0.15, -0.1) is 0 Å². The molecule has 1 nitrogen and oxygen atoms in total. The lowest BCUT2D eigenvalue weighted by Crippen LogP contribution is -2.44. The lowest BCUT2D eigenvalue weighted by atomic mass is 9.51. The largest absolute Gasteiger partial charge is 0.311 e. The summed E-state index contributed by atoms with van der Waals surface area (Å²) in [6, 6.07) is 105. The summed E-state index contributed by atoms with van der Waals surface area (Å²) in [5.41, 5.74) is 22.3. The Hall–Kier alpha value is -8.78. The predicted octanol–water partition coefficient (Wildman–Crippen LogP) is 17.2. The minimum absolute atomic E-state index is 0.503. The van der Waals surface area contributed by atoms with Crippen molar-refractivity contribution in [3.63, 3.8) is 0 Å². The van der Waals surface area contributed by atoms with Crippen LogP contribution in [0.1, 0.15) is 44.5 Å². The molecule has 0 bridgehead atoms. The van der Waals surface area contributed by atoms with Gasteiger partial charge in [-0.25, -0.2) is 0 Å². The van der Waals surface area contributed by atoms with Crippen LogP contribution in [-0.2, 0) is 10.8 Å². The molecule has 324 valence electrons. The molecule has 1 heteroatoms. The van der Waals surface area contributed by atoms with Crippen molar-refractivity contribution in [2.24, 2.45) is 0 Å². The van der Waals surface area contributed by atoms with Crippen LogP contribution in [-0.4, -0.2) is 0 Å². The minimum atomic E-state index is -0.661. The molecule has 0 amide bonds. The van der Waals surface area contributed by atoms with Crippen molar-refractivity contribution in [3.05, 3.63) is 330 Å². The van der Waals surface area contributed by atoms with Gasteiger partial charge >= 0.3 is 0 Å². The van der Waals surface area contributed by atoms with E-state index in [4.69, 9.17) is 0 Å². The first kappa shape index (κ1) is 40.5. The van der Waals surface area contributed by atoms with Crippen molar-refractivity contribution in [1.29, 1.82) is 0 Å². The van der Waals surface area contributed by atoms with Gasteiger partial charge < -0.3 is 4.90 Å². The molecule has 2 unspecified atom stereocenters. The fourth-order valence-corrected chi connectivity index (χ4v) is 12.0. The molecule has 0 spiro atoms.